The van der Waals surface area contributed by atoms with Crippen LogP contribution >= 0.6 is 22.7 Å². The lowest BCUT2D eigenvalue weighted by molar-refractivity contribution is -0.122. The molecule has 3 nitrogen and oxygen atoms in total. The van der Waals surface area contributed by atoms with Crippen molar-refractivity contribution in [2.75, 3.05) is 6.54 Å². The summed E-state index contributed by atoms with van der Waals surface area (Å²) in [4.78, 5) is 12.7. The monoisotopic (exact) mass is 307 g/mol. The van der Waals surface area contributed by atoms with Crippen LogP contribution in [-0.2, 0) is 10.4 Å². The van der Waals surface area contributed by atoms with Crippen LogP contribution in [0.5, 0.6) is 0 Å². The Balaban J connectivity index is 1.74. The van der Waals surface area contributed by atoms with Gasteiger partial charge in [-0.15, -0.1) is 11.3 Å². The molecule has 2 aromatic rings. The lowest BCUT2D eigenvalue weighted by Gasteiger charge is -2.27. The van der Waals surface area contributed by atoms with E-state index in [1.54, 1.807) is 11.3 Å². The highest BCUT2D eigenvalue weighted by Gasteiger charge is 2.34. The van der Waals surface area contributed by atoms with Crippen LogP contribution in [-0.4, -0.2) is 17.6 Å². The van der Waals surface area contributed by atoms with E-state index in [1.807, 2.05) is 34.3 Å². The average molecular weight is 307 g/mol. The van der Waals surface area contributed by atoms with Crippen molar-refractivity contribution < 1.29 is 9.90 Å². The van der Waals surface area contributed by atoms with Crippen LogP contribution < -0.4 is 5.32 Å². The highest BCUT2D eigenvalue weighted by atomic mass is 32.1. The summed E-state index contributed by atoms with van der Waals surface area (Å²) in [6.07, 6.45) is 2.91. The zero-order valence-corrected chi connectivity index (χ0v) is 12.7. The molecule has 1 aliphatic carbocycles. The summed E-state index contributed by atoms with van der Waals surface area (Å²) in [5, 5.41) is 19.8. The van der Waals surface area contributed by atoms with Crippen LogP contribution in [0.25, 0.3) is 0 Å². The molecule has 20 heavy (non-hydrogen) atoms. The molecule has 1 amide bonds. The molecule has 1 fully saturated rings. The standard InChI is InChI=1S/C15H17NO2S2/c17-14(8-11-3-4-11)16-10-15(18,12-5-7-19-9-12)13-2-1-6-20-13/h1-2,5-7,9,11,18H,3-4,8,10H2,(H,16,17). The van der Waals surface area contributed by atoms with Gasteiger partial charge in [0.05, 0.1) is 6.54 Å². The molecule has 1 unspecified atom stereocenters. The first kappa shape index (κ1) is 13.8. The Bertz CT molecular complexity index is 524. The molecule has 0 aromatic carbocycles. The van der Waals surface area contributed by atoms with Gasteiger partial charge in [0, 0.05) is 16.9 Å². The van der Waals surface area contributed by atoms with Crippen LogP contribution in [0.4, 0.5) is 0 Å². The molecule has 5 heteroatoms. The zero-order chi connectivity index (χ0) is 14.0. The fourth-order valence-corrected chi connectivity index (χ4v) is 3.80. The second-order valence-corrected chi connectivity index (χ2v) is 7.00. The van der Waals surface area contributed by atoms with Crippen molar-refractivity contribution in [1.82, 2.24) is 5.32 Å². The SMILES string of the molecule is O=C(CC1CC1)NCC(O)(c1ccsc1)c1cccs1. The van der Waals surface area contributed by atoms with Gasteiger partial charge in [-0.3, -0.25) is 4.79 Å². The van der Waals surface area contributed by atoms with E-state index >= 15 is 0 Å². The molecule has 2 aromatic heterocycles. The minimum atomic E-state index is -1.12. The van der Waals surface area contributed by atoms with Crippen LogP contribution in [0.3, 0.4) is 0 Å². The molecule has 1 aliphatic rings. The Kier molecular flexibility index (Phi) is 3.92. The number of carbonyl (C=O) groups excluding carboxylic acids is 1. The van der Waals surface area contributed by atoms with Gasteiger partial charge in [-0.05, 0) is 47.0 Å². The Morgan fingerprint density at radius 2 is 2.25 bits per heavy atom. The van der Waals surface area contributed by atoms with Crippen molar-refractivity contribution >= 4 is 28.6 Å². The highest BCUT2D eigenvalue weighted by molar-refractivity contribution is 7.10. The van der Waals surface area contributed by atoms with Gasteiger partial charge in [-0.2, -0.15) is 11.3 Å². The lowest BCUT2D eigenvalue weighted by Crippen LogP contribution is -2.41. The predicted molar refractivity (Wildman–Crippen MR) is 82.0 cm³/mol. The predicted octanol–water partition coefficient (Wildman–Crippen LogP) is 2.96. The molecule has 0 aliphatic heterocycles. The van der Waals surface area contributed by atoms with Gasteiger partial charge in [0.15, 0.2) is 0 Å². The molecule has 2 heterocycles. The first-order valence-corrected chi connectivity index (χ1v) is 8.56. The van der Waals surface area contributed by atoms with Crippen LogP contribution in [0.15, 0.2) is 34.3 Å². The van der Waals surface area contributed by atoms with Gasteiger partial charge in [0.2, 0.25) is 5.91 Å². The zero-order valence-electron chi connectivity index (χ0n) is 11.0. The number of hydrogen-bond donors (Lipinski definition) is 2. The molecule has 106 valence electrons. The first-order valence-electron chi connectivity index (χ1n) is 6.74. The van der Waals surface area contributed by atoms with E-state index in [4.69, 9.17) is 0 Å². The van der Waals surface area contributed by atoms with Crippen LogP contribution in [0.1, 0.15) is 29.7 Å². The highest BCUT2D eigenvalue weighted by Crippen LogP contribution is 2.34. The molecule has 3 rings (SSSR count). The summed E-state index contributed by atoms with van der Waals surface area (Å²) < 4.78 is 0. The smallest absolute Gasteiger partial charge is 0.220 e. The van der Waals surface area contributed by atoms with Crippen molar-refractivity contribution in [2.45, 2.75) is 24.9 Å². The Hall–Kier alpha value is -1.17. The van der Waals surface area contributed by atoms with E-state index in [0.717, 1.165) is 23.3 Å². The van der Waals surface area contributed by atoms with E-state index < -0.39 is 5.60 Å². The van der Waals surface area contributed by atoms with E-state index in [9.17, 15) is 9.90 Å². The fraction of sp³-hybridized carbons (Fsp3) is 0.400. The molecular weight excluding hydrogens is 290 g/mol. The quantitative estimate of drug-likeness (QED) is 0.862. The second-order valence-electron chi connectivity index (χ2n) is 5.27. The number of carbonyl (C=O) groups is 1. The fourth-order valence-electron chi connectivity index (χ4n) is 2.23. The average Bonchev–Trinajstić information content (AvgIpc) is 2.95. The van der Waals surface area contributed by atoms with Crippen molar-refractivity contribution in [3.8, 4) is 0 Å². The third-order valence-corrected chi connectivity index (χ3v) is 5.34. The maximum absolute atomic E-state index is 11.9. The third kappa shape index (κ3) is 2.95. The Labute approximate surface area is 126 Å². The van der Waals surface area contributed by atoms with Crippen molar-refractivity contribution in [2.24, 2.45) is 5.92 Å². The summed E-state index contributed by atoms with van der Waals surface area (Å²) in [7, 11) is 0. The summed E-state index contributed by atoms with van der Waals surface area (Å²) >= 11 is 3.06. The van der Waals surface area contributed by atoms with E-state index in [1.165, 1.54) is 11.3 Å². The molecular formula is C15H17NO2S2. The number of hydrogen-bond acceptors (Lipinski definition) is 4. The summed E-state index contributed by atoms with van der Waals surface area (Å²) in [6.45, 7) is 0.232. The van der Waals surface area contributed by atoms with E-state index in [2.05, 4.69) is 5.32 Å². The van der Waals surface area contributed by atoms with Gasteiger partial charge in [0.25, 0.3) is 0 Å². The largest absolute Gasteiger partial charge is 0.378 e. The summed E-state index contributed by atoms with van der Waals surface area (Å²) in [5.74, 6) is 0.601. The van der Waals surface area contributed by atoms with Crippen molar-refractivity contribution in [3.05, 3.63) is 44.8 Å². The van der Waals surface area contributed by atoms with Crippen LogP contribution in [0.2, 0.25) is 0 Å². The topological polar surface area (TPSA) is 49.3 Å². The molecule has 0 radical (unpaired) electrons. The molecule has 1 atom stereocenters. The van der Waals surface area contributed by atoms with Gasteiger partial charge in [0.1, 0.15) is 5.60 Å². The number of rotatable bonds is 6. The number of nitrogens with one attached hydrogen (secondary N) is 1. The molecule has 0 spiro atoms. The van der Waals surface area contributed by atoms with Gasteiger partial charge < -0.3 is 10.4 Å². The molecule has 0 saturated heterocycles. The molecule has 0 bridgehead atoms. The molecule has 1 saturated carbocycles. The minimum Gasteiger partial charge on any atom is -0.378 e. The van der Waals surface area contributed by atoms with Gasteiger partial charge >= 0.3 is 0 Å². The van der Waals surface area contributed by atoms with Crippen molar-refractivity contribution in [3.63, 3.8) is 0 Å². The van der Waals surface area contributed by atoms with E-state index in [-0.39, 0.29) is 12.5 Å². The Morgan fingerprint density at radius 1 is 1.40 bits per heavy atom. The lowest BCUT2D eigenvalue weighted by atomic mass is 9.94. The van der Waals surface area contributed by atoms with Crippen molar-refractivity contribution in [1.29, 1.82) is 0 Å². The minimum absolute atomic E-state index is 0.0395. The number of thiophene rings is 2. The summed E-state index contributed by atoms with van der Waals surface area (Å²) in [5.41, 5.74) is -0.274. The van der Waals surface area contributed by atoms with Gasteiger partial charge in [-0.1, -0.05) is 6.07 Å². The third-order valence-electron chi connectivity index (χ3n) is 3.64. The molecule has 2 N–H and O–H groups in total. The Morgan fingerprint density at radius 3 is 2.85 bits per heavy atom. The second kappa shape index (κ2) is 5.68. The number of amides is 1. The maximum Gasteiger partial charge on any atom is 0.220 e. The normalized spacial score (nSPS) is 17.6. The summed E-state index contributed by atoms with van der Waals surface area (Å²) in [6, 6.07) is 5.75. The maximum atomic E-state index is 11.9. The van der Waals surface area contributed by atoms with Gasteiger partial charge in [-0.25, -0.2) is 0 Å². The van der Waals surface area contributed by atoms with Crippen LogP contribution in [0, 0.1) is 5.92 Å². The first-order chi connectivity index (χ1) is 9.68. The number of aliphatic hydroxyl groups is 1. The van der Waals surface area contributed by atoms with E-state index in [0.29, 0.717) is 12.3 Å².